The minimum atomic E-state index is -1.06. The van der Waals surface area contributed by atoms with Crippen LogP contribution in [-0.2, 0) is 21.5 Å². The second-order valence-corrected chi connectivity index (χ2v) is 8.97. The van der Waals surface area contributed by atoms with Crippen LogP contribution < -0.4 is 10.6 Å². The van der Waals surface area contributed by atoms with Crippen molar-refractivity contribution in [3.05, 3.63) is 47.2 Å². The number of anilines is 1. The maximum atomic E-state index is 13.8. The number of aromatic nitrogens is 1. The third kappa shape index (κ3) is 8.54. The number of nitrogens with zero attached hydrogens (tertiary/aromatic N) is 2. The molecule has 0 radical (unpaired) electrons. The average Bonchev–Trinajstić information content (AvgIpc) is 3.25. The minimum Gasteiger partial charge on any atom is -0.481 e. The fourth-order valence-corrected chi connectivity index (χ4v) is 3.02. The first-order valence-corrected chi connectivity index (χ1v) is 10.9. The number of nitrogens with one attached hydrogen (secondary N) is 2. The molecule has 2 aromatic rings. The molecule has 0 bridgehead atoms. The minimum absolute atomic E-state index is 0.0351. The lowest BCUT2D eigenvalue weighted by Crippen LogP contribution is -2.46. The summed E-state index contributed by atoms with van der Waals surface area (Å²) in [5.74, 6) is -2.37. The largest absolute Gasteiger partial charge is 0.481 e. The third-order valence-electron chi connectivity index (χ3n) is 5.14. The van der Waals surface area contributed by atoms with Gasteiger partial charge in [0.25, 0.3) is 0 Å². The topological polar surface area (TPSA) is 134 Å². The van der Waals surface area contributed by atoms with E-state index in [0.29, 0.717) is 5.76 Å². The number of urea groups is 1. The summed E-state index contributed by atoms with van der Waals surface area (Å²) in [5, 5.41) is 17.6. The maximum Gasteiger partial charge on any atom is 0.412 e. The Morgan fingerprint density at radius 3 is 2.60 bits per heavy atom. The molecule has 12 heteroatoms. The Morgan fingerprint density at radius 1 is 1.26 bits per heavy atom. The Bertz CT molecular complexity index is 1040. The van der Waals surface area contributed by atoms with Crippen LogP contribution in [0.1, 0.15) is 51.4 Å². The molecule has 1 heterocycles. The lowest BCUT2D eigenvalue weighted by Gasteiger charge is -2.28. The van der Waals surface area contributed by atoms with Crippen molar-refractivity contribution in [2.24, 2.45) is 0 Å². The molecule has 35 heavy (non-hydrogen) atoms. The molecule has 0 aliphatic carbocycles. The highest BCUT2D eigenvalue weighted by Crippen LogP contribution is 2.24. The summed E-state index contributed by atoms with van der Waals surface area (Å²) in [6.07, 6.45) is -0.533. The summed E-state index contributed by atoms with van der Waals surface area (Å²) in [7, 11) is 1.43. The molecule has 0 saturated carbocycles. The summed E-state index contributed by atoms with van der Waals surface area (Å²) < 4.78 is 37.6. The number of halogens is 2. The molecule has 2 rings (SSSR count). The monoisotopic (exact) mass is 496 g/mol. The van der Waals surface area contributed by atoms with E-state index in [-0.39, 0.29) is 49.2 Å². The zero-order chi connectivity index (χ0) is 26.2. The Balaban J connectivity index is 1.97. The van der Waals surface area contributed by atoms with Crippen molar-refractivity contribution in [1.82, 2.24) is 15.4 Å². The molecule has 192 valence electrons. The standard InChI is InChI=1S/C23H30F2N4O6/c1-23(2,3)17-11-18(28-35-17)27-22(33)34-13-15(8-6-10-19(30)31)29(4)21(32)26-12-14-7-5-9-16(24)20(14)25/h5,7,9,11,15H,6,8,10,12-13H2,1-4H3,(H,26,32)(H,30,31)(H,27,28,33)/t15-/m0/s1. The van der Waals surface area contributed by atoms with Crippen LogP contribution in [0.15, 0.2) is 28.8 Å². The first-order chi connectivity index (χ1) is 16.4. The Kier molecular flexibility index (Phi) is 9.55. The highest BCUT2D eigenvalue weighted by Gasteiger charge is 2.24. The van der Waals surface area contributed by atoms with Gasteiger partial charge >= 0.3 is 18.1 Å². The Labute approximate surface area is 201 Å². The van der Waals surface area contributed by atoms with E-state index in [1.807, 2.05) is 20.8 Å². The molecule has 0 saturated heterocycles. The zero-order valence-electron chi connectivity index (χ0n) is 20.1. The number of hydrogen-bond donors (Lipinski definition) is 3. The molecule has 3 N–H and O–H groups in total. The summed E-state index contributed by atoms with van der Waals surface area (Å²) in [6.45, 7) is 5.24. The van der Waals surface area contributed by atoms with E-state index >= 15 is 0 Å². The highest BCUT2D eigenvalue weighted by atomic mass is 19.2. The van der Waals surface area contributed by atoms with Gasteiger partial charge in [-0.15, -0.1) is 0 Å². The molecule has 0 aliphatic heterocycles. The van der Waals surface area contributed by atoms with Gasteiger partial charge in [0.15, 0.2) is 17.5 Å². The molecule has 0 spiro atoms. The third-order valence-corrected chi connectivity index (χ3v) is 5.14. The number of likely N-dealkylation sites (N-methyl/N-ethyl adjacent to an activating group) is 1. The lowest BCUT2D eigenvalue weighted by atomic mass is 9.93. The number of rotatable bonds is 10. The predicted octanol–water partition coefficient (Wildman–Crippen LogP) is 4.26. The molecule has 10 nitrogen and oxygen atoms in total. The van der Waals surface area contributed by atoms with E-state index in [9.17, 15) is 23.2 Å². The van der Waals surface area contributed by atoms with Crippen molar-refractivity contribution in [3.8, 4) is 0 Å². The van der Waals surface area contributed by atoms with Gasteiger partial charge in [-0.3, -0.25) is 10.1 Å². The molecule has 1 aromatic carbocycles. The Hall–Kier alpha value is -3.70. The molecule has 0 aliphatic rings. The zero-order valence-corrected chi connectivity index (χ0v) is 20.1. The smallest absolute Gasteiger partial charge is 0.412 e. The van der Waals surface area contributed by atoms with Crippen molar-refractivity contribution < 1.29 is 37.5 Å². The fourth-order valence-electron chi connectivity index (χ4n) is 3.02. The van der Waals surface area contributed by atoms with Crippen molar-refractivity contribution in [1.29, 1.82) is 0 Å². The van der Waals surface area contributed by atoms with E-state index < -0.39 is 35.8 Å². The predicted molar refractivity (Wildman–Crippen MR) is 122 cm³/mol. The fraction of sp³-hybridized carbons (Fsp3) is 0.478. The highest BCUT2D eigenvalue weighted by molar-refractivity contribution is 5.83. The number of carbonyl (C=O) groups excluding carboxylic acids is 2. The molecule has 0 unspecified atom stereocenters. The van der Waals surface area contributed by atoms with Crippen LogP contribution in [0.5, 0.6) is 0 Å². The Morgan fingerprint density at radius 2 is 1.97 bits per heavy atom. The molecule has 0 fully saturated rings. The number of carbonyl (C=O) groups is 3. The van der Waals surface area contributed by atoms with Gasteiger partial charge in [0.1, 0.15) is 12.4 Å². The number of ether oxygens (including phenoxy) is 1. The van der Waals surface area contributed by atoms with Crippen LogP contribution in [0.25, 0.3) is 0 Å². The molecule has 1 atom stereocenters. The van der Waals surface area contributed by atoms with Crippen LogP contribution in [0.2, 0.25) is 0 Å². The van der Waals surface area contributed by atoms with Gasteiger partial charge in [-0.2, -0.15) is 0 Å². The summed E-state index contributed by atoms with van der Waals surface area (Å²) in [6, 6.07) is 3.88. The van der Waals surface area contributed by atoms with Crippen molar-refractivity contribution in [2.75, 3.05) is 19.0 Å². The van der Waals surface area contributed by atoms with E-state index in [0.717, 1.165) is 6.07 Å². The van der Waals surface area contributed by atoms with Gasteiger partial charge in [-0.05, 0) is 18.9 Å². The maximum absolute atomic E-state index is 13.8. The van der Waals surface area contributed by atoms with Crippen LogP contribution in [0, 0.1) is 11.6 Å². The molecule has 1 aromatic heterocycles. The van der Waals surface area contributed by atoms with Gasteiger partial charge in [0.2, 0.25) is 0 Å². The number of aliphatic carboxylic acids is 1. The molecular weight excluding hydrogens is 466 g/mol. The van der Waals surface area contributed by atoms with E-state index in [2.05, 4.69) is 15.8 Å². The SMILES string of the molecule is CN(C(=O)NCc1cccc(F)c1F)[C@@H](CCCC(=O)O)COC(=O)Nc1cc(C(C)(C)C)on1. The number of amides is 3. The van der Waals surface area contributed by atoms with Crippen LogP contribution in [0.4, 0.5) is 24.2 Å². The van der Waals surface area contributed by atoms with Crippen molar-refractivity contribution in [2.45, 2.75) is 58.0 Å². The lowest BCUT2D eigenvalue weighted by molar-refractivity contribution is -0.137. The molecule has 3 amide bonds. The van der Waals surface area contributed by atoms with Crippen LogP contribution in [-0.4, -0.2) is 53.0 Å². The second kappa shape index (κ2) is 12.1. The van der Waals surface area contributed by atoms with Crippen molar-refractivity contribution >= 4 is 23.9 Å². The number of carboxylic acid groups (broad SMARTS) is 1. The summed E-state index contributed by atoms with van der Waals surface area (Å²) in [4.78, 5) is 36.9. The van der Waals surface area contributed by atoms with Crippen molar-refractivity contribution in [3.63, 3.8) is 0 Å². The number of benzene rings is 1. The number of carboxylic acids is 1. The molecular formula is C23H30F2N4O6. The second-order valence-electron chi connectivity index (χ2n) is 8.97. The van der Waals surface area contributed by atoms with E-state index in [1.165, 1.54) is 24.1 Å². The van der Waals surface area contributed by atoms with E-state index in [1.54, 1.807) is 6.07 Å². The summed E-state index contributed by atoms with van der Waals surface area (Å²) >= 11 is 0. The van der Waals surface area contributed by atoms with Crippen LogP contribution >= 0.6 is 0 Å². The first-order valence-electron chi connectivity index (χ1n) is 10.9. The van der Waals surface area contributed by atoms with Gasteiger partial charge in [-0.25, -0.2) is 18.4 Å². The first kappa shape index (κ1) is 27.5. The van der Waals surface area contributed by atoms with Gasteiger partial charge < -0.3 is 24.6 Å². The van der Waals surface area contributed by atoms with Gasteiger partial charge in [-0.1, -0.05) is 38.1 Å². The van der Waals surface area contributed by atoms with Gasteiger partial charge in [0, 0.05) is 37.1 Å². The van der Waals surface area contributed by atoms with E-state index in [4.69, 9.17) is 14.4 Å². The normalized spacial score (nSPS) is 12.1. The quantitative estimate of drug-likeness (QED) is 0.447. The average molecular weight is 497 g/mol. The van der Waals surface area contributed by atoms with Gasteiger partial charge in [0.05, 0.1) is 6.04 Å². The summed E-state index contributed by atoms with van der Waals surface area (Å²) in [5.41, 5.74) is -0.344. The number of hydrogen-bond acceptors (Lipinski definition) is 6. The van der Waals surface area contributed by atoms with Crippen LogP contribution in [0.3, 0.4) is 0 Å².